The summed E-state index contributed by atoms with van der Waals surface area (Å²) in [5.41, 5.74) is 5.11. The molecule has 0 atom stereocenters. The van der Waals surface area contributed by atoms with Gasteiger partial charge in [-0.05, 0) is 86.5 Å². The standard InChI is InChI=1S/C25H30N2O2/c1-3-27(4-2)24(29)18-9-10-21(23(28)15-18)22-17-25(11-13-26-14-12-25)16-19-7-5-6-8-20(19)22/h5-10,15,17,26,28H,3-4,11-14,16H2,1-2H3. The molecule has 2 N–H and O–H groups in total. The zero-order valence-corrected chi connectivity index (χ0v) is 17.4. The van der Waals surface area contributed by atoms with E-state index in [9.17, 15) is 9.90 Å². The minimum atomic E-state index is -0.0373. The van der Waals surface area contributed by atoms with Crippen LogP contribution in [0, 0.1) is 5.41 Å². The number of benzene rings is 2. The smallest absolute Gasteiger partial charge is 0.253 e. The molecule has 2 aromatic carbocycles. The van der Waals surface area contributed by atoms with E-state index >= 15 is 0 Å². The van der Waals surface area contributed by atoms with Gasteiger partial charge < -0.3 is 15.3 Å². The molecule has 0 unspecified atom stereocenters. The van der Waals surface area contributed by atoms with E-state index in [0.717, 1.165) is 43.5 Å². The molecule has 0 aromatic heterocycles. The van der Waals surface area contributed by atoms with Crippen LogP contribution in [0.1, 0.15) is 53.7 Å². The van der Waals surface area contributed by atoms with E-state index in [-0.39, 0.29) is 17.1 Å². The lowest BCUT2D eigenvalue weighted by Crippen LogP contribution is -2.38. The number of phenolic OH excluding ortho intramolecular Hbond substituents is 1. The number of allylic oxidation sites excluding steroid dienone is 1. The Morgan fingerprint density at radius 1 is 1.07 bits per heavy atom. The molecule has 1 aliphatic heterocycles. The highest BCUT2D eigenvalue weighted by molar-refractivity contribution is 5.96. The molecule has 1 saturated heterocycles. The molecular weight excluding hydrogens is 360 g/mol. The van der Waals surface area contributed by atoms with Crippen molar-refractivity contribution in [1.29, 1.82) is 0 Å². The number of carbonyl (C=O) groups excluding carboxylic acids is 1. The number of phenols is 1. The van der Waals surface area contributed by atoms with Gasteiger partial charge in [0.15, 0.2) is 0 Å². The van der Waals surface area contributed by atoms with Crippen molar-refractivity contribution in [1.82, 2.24) is 10.2 Å². The van der Waals surface area contributed by atoms with Crippen LogP contribution in [-0.2, 0) is 6.42 Å². The summed E-state index contributed by atoms with van der Waals surface area (Å²) >= 11 is 0. The predicted octanol–water partition coefficient (Wildman–Crippen LogP) is 4.23. The van der Waals surface area contributed by atoms with E-state index < -0.39 is 0 Å². The molecule has 4 nitrogen and oxygen atoms in total. The number of rotatable bonds is 4. The van der Waals surface area contributed by atoms with Crippen molar-refractivity contribution in [3.05, 3.63) is 70.8 Å². The van der Waals surface area contributed by atoms with Gasteiger partial charge in [-0.15, -0.1) is 0 Å². The molecule has 4 heteroatoms. The fourth-order valence-electron chi connectivity index (χ4n) is 4.81. The fraction of sp³-hybridized carbons (Fsp3) is 0.400. The summed E-state index contributed by atoms with van der Waals surface area (Å²) in [5.74, 6) is 0.139. The Morgan fingerprint density at radius 2 is 1.79 bits per heavy atom. The van der Waals surface area contributed by atoms with Crippen LogP contribution < -0.4 is 5.32 Å². The average Bonchev–Trinajstić information content (AvgIpc) is 2.74. The quantitative estimate of drug-likeness (QED) is 0.821. The van der Waals surface area contributed by atoms with E-state index in [1.54, 1.807) is 11.0 Å². The maximum atomic E-state index is 12.7. The third-order valence-electron chi connectivity index (χ3n) is 6.49. The van der Waals surface area contributed by atoms with Crippen molar-refractivity contribution < 1.29 is 9.90 Å². The van der Waals surface area contributed by atoms with Gasteiger partial charge in [0.2, 0.25) is 0 Å². The highest BCUT2D eigenvalue weighted by atomic mass is 16.3. The van der Waals surface area contributed by atoms with Crippen LogP contribution in [0.15, 0.2) is 48.5 Å². The normalized spacial score (nSPS) is 17.5. The van der Waals surface area contributed by atoms with Gasteiger partial charge in [0.25, 0.3) is 5.91 Å². The van der Waals surface area contributed by atoms with Crippen molar-refractivity contribution in [2.75, 3.05) is 26.2 Å². The maximum Gasteiger partial charge on any atom is 0.253 e. The average molecular weight is 391 g/mol. The van der Waals surface area contributed by atoms with E-state index in [4.69, 9.17) is 0 Å². The summed E-state index contributed by atoms with van der Waals surface area (Å²) in [5, 5.41) is 14.4. The molecule has 1 aliphatic carbocycles. The first-order valence-corrected chi connectivity index (χ1v) is 10.7. The Hall–Kier alpha value is -2.59. The number of nitrogens with one attached hydrogen (secondary N) is 1. The molecule has 0 saturated carbocycles. The number of carbonyl (C=O) groups is 1. The molecule has 2 aliphatic rings. The zero-order valence-electron chi connectivity index (χ0n) is 17.4. The van der Waals surface area contributed by atoms with Gasteiger partial charge in [-0.2, -0.15) is 0 Å². The van der Waals surface area contributed by atoms with E-state index in [1.807, 2.05) is 26.0 Å². The third kappa shape index (κ3) is 3.69. The third-order valence-corrected chi connectivity index (χ3v) is 6.49. The van der Waals surface area contributed by atoms with Gasteiger partial charge >= 0.3 is 0 Å². The van der Waals surface area contributed by atoms with Crippen LogP contribution in [0.3, 0.4) is 0 Å². The van der Waals surface area contributed by atoms with Crippen molar-refractivity contribution in [2.24, 2.45) is 5.41 Å². The first-order chi connectivity index (χ1) is 14.1. The lowest BCUT2D eigenvalue weighted by Gasteiger charge is -2.40. The van der Waals surface area contributed by atoms with Gasteiger partial charge in [-0.1, -0.05) is 30.3 Å². The molecule has 2 aromatic rings. The first kappa shape index (κ1) is 19.7. The predicted molar refractivity (Wildman–Crippen MR) is 117 cm³/mol. The Balaban J connectivity index is 1.76. The molecule has 1 spiro atoms. The van der Waals surface area contributed by atoms with Crippen molar-refractivity contribution in [2.45, 2.75) is 33.1 Å². The largest absolute Gasteiger partial charge is 0.507 e. The van der Waals surface area contributed by atoms with Crippen LogP contribution in [-0.4, -0.2) is 42.1 Å². The summed E-state index contributed by atoms with van der Waals surface area (Å²) < 4.78 is 0. The number of hydrogen-bond acceptors (Lipinski definition) is 3. The second-order valence-corrected chi connectivity index (χ2v) is 8.21. The van der Waals surface area contributed by atoms with Crippen LogP contribution in [0.5, 0.6) is 5.75 Å². The van der Waals surface area contributed by atoms with Crippen molar-refractivity contribution in [3.8, 4) is 5.75 Å². The Labute approximate surface area is 173 Å². The number of aromatic hydroxyl groups is 1. The summed E-state index contributed by atoms with van der Waals surface area (Å²) in [7, 11) is 0. The molecular formula is C25H30N2O2. The maximum absolute atomic E-state index is 12.7. The molecule has 4 rings (SSSR count). The van der Waals surface area contributed by atoms with Gasteiger partial charge in [0, 0.05) is 24.2 Å². The second-order valence-electron chi connectivity index (χ2n) is 8.21. The van der Waals surface area contributed by atoms with Crippen LogP contribution in [0.4, 0.5) is 0 Å². The van der Waals surface area contributed by atoms with Gasteiger partial charge in [-0.3, -0.25) is 4.79 Å². The molecule has 1 heterocycles. The van der Waals surface area contributed by atoms with Crippen molar-refractivity contribution in [3.63, 3.8) is 0 Å². The fourth-order valence-corrected chi connectivity index (χ4v) is 4.81. The number of piperidine rings is 1. The lowest BCUT2D eigenvalue weighted by atomic mass is 9.67. The number of hydrogen-bond donors (Lipinski definition) is 2. The molecule has 29 heavy (non-hydrogen) atoms. The van der Waals surface area contributed by atoms with Crippen LogP contribution in [0.25, 0.3) is 5.57 Å². The summed E-state index contributed by atoms with van der Waals surface area (Å²) in [6, 6.07) is 13.9. The van der Waals surface area contributed by atoms with E-state index in [1.165, 1.54) is 11.1 Å². The minimum Gasteiger partial charge on any atom is -0.507 e. The zero-order chi connectivity index (χ0) is 20.4. The highest BCUT2D eigenvalue weighted by Gasteiger charge is 2.35. The molecule has 0 radical (unpaired) electrons. The van der Waals surface area contributed by atoms with Gasteiger partial charge in [0.1, 0.15) is 5.75 Å². The molecule has 1 amide bonds. The number of fused-ring (bicyclic) bond motifs is 1. The van der Waals surface area contributed by atoms with Crippen LogP contribution >= 0.6 is 0 Å². The van der Waals surface area contributed by atoms with Crippen molar-refractivity contribution >= 4 is 11.5 Å². The van der Waals surface area contributed by atoms with Gasteiger partial charge in [0.05, 0.1) is 0 Å². The topological polar surface area (TPSA) is 52.6 Å². The molecule has 0 bridgehead atoms. The Bertz CT molecular complexity index is 938. The highest BCUT2D eigenvalue weighted by Crippen LogP contribution is 2.46. The summed E-state index contributed by atoms with van der Waals surface area (Å²) in [6.45, 7) is 7.31. The summed E-state index contributed by atoms with van der Waals surface area (Å²) in [4.78, 5) is 14.5. The van der Waals surface area contributed by atoms with E-state index in [0.29, 0.717) is 18.7 Å². The van der Waals surface area contributed by atoms with E-state index in [2.05, 4.69) is 35.7 Å². The van der Waals surface area contributed by atoms with Crippen LogP contribution in [0.2, 0.25) is 0 Å². The number of amides is 1. The van der Waals surface area contributed by atoms with Gasteiger partial charge in [-0.25, -0.2) is 0 Å². The monoisotopic (exact) mass is 390 g/mol. The summed E-state index contributed by atoms with van der Waals surface area (Å²) in [6.07, 6.45) is 5.64. The SMILES string of the molecule is CCN(CC)C(=O)c1ccc(C2=CC3(CCNCC3)Cc3ccccc32)c(O)c1. The molecule has 152 valence electrons. The Morgan fingerprint density at radius 3 is 2.48 bits per heavy atom. The molecule has 1 fully saturated rings. The number of nitrogens with zero attached hydrogens (tertiary/aromatic N) is 1. The first-order valence-electron chi connectivity index (χ1n) is 10.7. The lowest BCUT2D eigenvalue weighted by molar-refractivity contribution is 0.0772. The Kier molecular flexibility index (Phi) is 5.46. The minimum absolute atomic E-state index is 0.0373. The second kappa shape index (κ2) is 8.03.